The smallest absolute Gasteiger partial charge is 0.272 e. The van der Waals surface area contributed by atoms with Crippen molar-refractivity contribution in [1.29, 1.82) is 0 Å². The molecule has 25 heavy (non-hydrogen) atoms. The second-order valence-corrected chi connectivity index (χ2v) is 5.84. The predicted octanol–water partition coefficient (Wildman–Crippen LogP) is 2.68. The van der Waals surface area contributed by atoms with Gasteiger partial charge in [-0.15, -0.1) is 0 Å². The Hall–Kier alpha value is -3.15. The lowest BCUT2D eigenvalue weighted by atomic mass is 10.2. The van der Waals surface area contributed by atoms with Crippen molar-refractivity contribution >= 4 is 5.91 Å². The first-order valence-corrected chi connectivity index (χ1v) is 8.02. The number of hydrogen-bond acceptors (Lipinski definition) is 4. The summed E-state index contributed by atoms with van der Waals surface area (Å²) in [6.45, 7) is 3.99. The first kappa shape index (κ1) is 16.7. The number of aryl methyl sites for hydroxylation is 1. The van der Waals surface area contributed by atoms with E-state index in [0.717, 1.165) is 11.3 Å². The van der Waals surface area contributed by atoms with Crippen molar-refractivity contribution in [2.75, 3.05) is 0 Å². The fourth-order valence-corrected chi connectivity index (χ4v) is 2.47. The van der Waals surface area contributed by atoms with Gasteiger partial charge in [-0.05, 0) is 37.6 Å². The maximum absolute atomic E-state index is 12.4. The van der Waals surface area contributed by atoms with Crippen LogP contribution in [0.2, 0.25) is 0 Å². The largest absolute Gasteiger partial charge is 0.464 e. The Morgan fingerprint density at radius 1 is 1.16 bits per heavy atom. The van der Waals surface area contributed by atoms with E-state index in [9.17, 15) is 9.59 Å². The fourth-order valence-electron chi connectivity index (χ4n) is 2.47. The zero-order valence-electron chi connectivity index (χ0n) is 14.1. The first-order chi connectivity index (χ1) is 12.0. The molecule has 1 atom stereocenters. The van der Waals surface area contributed by atoms with Crippen molar-refractivity contribution in [3.8, 4) is 0 Å². The number of hydrogen-bond donors (Lipinski definition) is 1. The third kappa shape index (κ3) is 4.03. The molecular formula is C19H19N3O3. The van der Waals surface area contributed by atoms with Gasteiger partial charge in [0.25, 0.3) is 11.5 Å². The number of benzene rings is 1. The minimum absolute atomic E-state index is 0.186. The molecule has 3 rings (SSSR count). The van der Waals surface area contributed by atoms with Crippen molar-refractivity contribution < 1.29 is 9.21 Å². The Labute approximate surface area is 145 Å². The Balaban J connectivity index is 1.77. The predicted molar refractivity (Wildman–Crippen MR) is 93.4 cm³/mol. The molecule has 0 saturated carbocycles. The van der Waals surface area contributed by atoms with Crippen LogP contribution in [-0.4, -0.2) is 15.7 Å². The number of carbonyl (C=O) groups excluding carboxylic acids is 1. The van der Waals surface area contributed by atoms with E-state index >= 15 is 0 Å². The second-order valence-electron chi connectivity index (χ2n) is 5.84. The quantitative estimate of drug-likeness (QED) is 0.776. The third-order valence-electron chi connectivity index (χ3n) is 3.81. The van der Waals surface area contributed by atoms with Crippen LogP contribution in [0.15, 0.2) is 63.8 Å². The normalized spacial score (nSPS) is 11.9. The molecule has 1 N–H and O–H groups in total. The summed E-state index contributed by atoms with van der Waals surface area (Å²) >= 11 is 0. The summed E-state index contributed by atoms with van der Waals surface area (Å²) in [6.07, 6.45) is 0. The van der Waals surface area contributed by atoms with Crippen LogP contribution in [0.25, 0.3) is 0 Å². The number of nitrogens with one attached hydrogen (secondary N) is 1. The molecule has 1 unspecified atom stereocenters. The fraction of sp³-hybridized carbons (Fsp3) is 0.211. The van der Waals surface area contributed by atoms with Crippen LogP contribution in [0.1, 0.15) is 40.5 Å². The number of furan rings is 1. The molecular weight excluding hydrogens is 318 g/mol. The van der Waals surface area contributed by atoms with Gasteiger partial charge in [0, 0.05) is 6.07 Å². The van der Waals surface area contributed by atoms with Gasteiger partial charge in [-0.1, -0.05) is 30.3 Å². The van der Waals surface area contributed by atoms with Gasteiger partial charge in [-0.2, -0.15) is 5.10 Å². The third-order valence-corrected chi connectivity index (χ3v) is 3.81. The molecule has 0 aliphatic carbocycles. The highest BCUT2D eigenvalue weighted by atomic mass is 16.3. The van der Waals surface area contributed by atoms with Crippen molar-refractivity contribution in [3.05, 3.63) is 87.7 Å². The molecule has 0 fully saturated rings. The molecule has 6 nitrogen and oxygen atoms in total. The Morgan fingerprint density at radius 2 is 1.92 bits per heavy atom. The van der Waals surface area contributed by atoms with Gasteiger partial charge in [0.05, 0.1) is 12.6 Å². The molecule has 1 amide bonds. The van der Waals surface area contributed by atoms with Crippen molar-refractivity contribution in [1.82, 2.24) is 15.1 Å². The monoisotopic (exact) mass is 337 g/mol. The lowest BCUT2D eigenvalue weighted by Crippen LogP contribution is -2.31. The highest BCUT2D eigenvalue weighted by Crippen LogP contribution is 2.15. The van der Waals surface area contributed by atoms with Crippen LogP contribution in [0.3, 0.4) is 0 Å². The van der Waals surface area contributed by atoms with E-state index in [0.29, 0.717) is 12.3 Å². The Kier molecular flexibility index (Phi) is 4.79. The van der Waals surface area contributed by atoms with E-state index in [1.807, 2.05) is 56.3 Å². The van der Waals surface area contributed by atoms with Crippen LogP contribution in [-0.2, 0) is 6.54 Å². The number of carbonyl (C=O) groups is 1. The average molecular weight is 337 g/mol. The number of amides is 1. The van der Waals surface area contributed by atoms with E-state index in [-0.39, 0.29) is 23.2 Å². The number of nitrogens with zero attached hydrogens (tertiary/aromatic N) is 2. The molecule has 1 aromatic carbocycles. The molecule has 0 bridgehead atoms. The molecule has 3 aromatic rings. The summed E-state index contributed by atoms with van der Waals surface area (Å²) in [7, 11) is 0. The molecule has 2 aromatic heterocycles. The zero-order chi connectivity index (χ0) is 17.8. The summed E-state index contributed by atoms with van der Waals surface area (Å²) in [5, 5.41) is 7.01. The van der Waals surface area contributed by atoms with Crippen LogP contribution in [0, 0.1) is 6.92 Å². The minimum atomic E-state index is -0.358. The average Bonchev–Trinajstić information content (AvgIpc) is 3.04. The second kappa shape index (κ2) is 7.17. The molecule has 128 valence electrons. The van der Waals surface area contributed by atoms with Crippen LogP contribution in [0.5, 0.6) is 0 Å². The lowest BCUT2D eigenvalue weighted by molar-refractivity contribution is 0.0927. The molecule has 2 heterocycles. The summed E-state index contributed by atoms with van der Waals surface area (Å²) in [6, 6.07) is 15.7. The van der Waals surface area contributed by atoms with Gasteiger partial charge in [-0.25, -0.2) is 4.68 Å². The van der Waals surface area contributed by atoms with E-state index in [1.165, 1.54) is 16.8 Å². The van der Waals surface area contributed by atoms with E-state index in [4.69, 9.17) is 4.42 Å². The first-order valence-electron chi connectivity index (χ1n) is 8.02. The summed E-state index contributed by atoms with van der Waals surface area (Å²) in [5.74, 6) is 1.09. The molecule has 0 radical (unpaired) electrons. The maximum Gasteiger partial charge on any atom is 0.272 e. The van der Waals surface area contributed by atoms with Crippen molar-refractivity contribution in [3.63, 3.8) is 0 Å². The van der Waals surface area contributed by atoms with Gasteiger partial charge in [0.1, 0.15) is 17.2 Å². The number of rotatable bonds is 5. The van der Waals surface area contributed by atoms with E-state index in [2.05, 4.69) is 10.4 Å². The maximum atomic E-state index is 12.4. The molecule has 6 heteroatoms. The molecule has 0 saturated heterocycles. The van der Waals surface area contributed by atoms with Gasteiger partial charge < -0.3 is 9.73 Å². The summed E-state index contributed by atoms with van der Waals surface area (Å²) in [5.41, 5.74) is 0.870. The van der Waals surface area contributed by atoms with Gasteiger partial charge >= 0.3 is 0 Å². The molecule has 0 aliphatic heterocycles. The van der Waals surface area contributed by atoms with Crippen LogP contribution < -0.4 is 10.9 Å². The summed E-state index contributed by atoms with van der Waals surface area (Å²) in [4.78, 5) is 24.4. The zero-order valence-corrected chi connectivity index (χ0v) is 14.1. The highest BCUT2D eigenvalue weighted by molar-refractivity contribution is 5.92. The van der Waals surface area contributed by atoms with Crippen molar-refractivity contribution in [2.24, 2.45) is 0 Å². The SMILES string of the molecule is Cc1ccc(C(C)NC(=O)c2ccc(=O)n(Cc3ccccc3)n2)o1. The number of aromatic nitrogens is 2. The standard InChI is InChI=1S/C19H19N3O3/c1-13-8-10-17(25-13)14(2)20-19(24)16-9-11-18(23)22(21-16)12-15-6-4-3-5-7-15/h3-11,14H,12H2,1-2H3,(H,20,24). The van der Waals surface area contributed by atoms with Crippen LogP contribution in [0.4, 0.5) is 0 Å². The Morgan fingerprint density at radius 3 is 2.60 bits per heavy atom. The van der Waals surface area contributed by atoms with Gasteiger partial charge in [0.15, 0.2) is 0 Å². The van der Waals surface area contributed by atoms with E-state index < -0.39 is 0 Å². The minimum Gasteiger partial charge on any atom is -0.464 e. The summed E-state index contributed by atoms with van der Waals surface area (Å²) < 4.78 is 6.80. The molecule has 0 spiro atoms. The molecule has 0 aliphatic rings. The van der Waals surface area contributed by atoms with E-state index in [1.54, 1.807) is 0 Å². The van der Waals surface area contributed by atoms with Crippen LogP contribution >= 0.6 is 0 Å². The highest BCUT2D eigenvalue weighted by Gasteiger charge is 2.16. The topological polar surface area (TPSA) is 77.1 Å². The lowest BCUT2D eigenvalue weighted by Gasteiger charge is -2.12. The van der Waals surface area contributed by atoms with Gasteiger partial charge in [-0.3, -0.25) is 9.59 Å². The van der Waals surface area contributed by atoms with Gasteiger partial charge in [0.2, 0.25) is 0 Å². The Bertz CT molecular complexity index is 928. The van der Waals surface area contributed by atoms with Crippen molar-refractivity contribution in [2.45, 2.75) is 26.4 Å².